The van der Waals surface area contributed by atoms with Crippen LogP contribution in [0.1, 0.15) is 19.4 Å². The predicted molar refractivity (Wildman–Crippen MR) is 109 cm³/mol. The Balaban J connectivity index is 2.23. The number of hydrogen-bond acceptors (Lipinski definition) is 4. The second-order valence-electron chi connectivity index (χ2n) is 6.44. The van der Waals surface area contributed by atoms with Crippen LogP contribution in [0.5, 0.6) is 5.75 Å². The van der Waals surface area contributed by atoms with Crippen LogP contribution in [0.15, 0.2) is 42.5 Å². The molecular weight excluding hydrogens is 388 g/mol. The summed E-state index contributed by atoms with van der Waals surface area (Å²) in [5.74, 6) is 0.0751. The van der Waals surface area contributed by atoms with Gasteiger partial charge in [0.15, 0.2) is 0 Å². The van der Waals surface area contributed by atoms with Crippen LogP contribution < -0.4 is 14.4 Å². The zero-order valence-electron chi connectivity index (χ0n) is 15.7. The first-order valence-electron chi connectivity index (χ1n) is 8.36. The van der Waals surface area contributed by atoms with Crippen molar-refractivity contribution in [3.05, 3.63) is 53.1 Å². The van der Waals surface area contributed by atoms with E-state index in [1.54, 1.807) is 42.5 Å². The Bertz CT molecular complexity index is 929. The molecule has 2 aromatic carbocycles. The first-order valence-corrected chi connectivity index (χ1v) is 10.6. The molecule has 1 amide bonds. The number of carbonyl (C=O) groups excluding carboxylic acids is 1. The number of anilines is 2. The van der Waals surface area contributed by atoms with E-state index in [1.807, 2.05) is 20.8 Å². The number of ether oxygens (including phenoxy) is 1. The van der Waals surface area contributed by atoms with E-state index in [4.69, 9.17) is 16.3 Å². The fraction of sp³-hybridized carbons (Fsp3) is 0.316. The third-order valence-electron chi connectivity index (χ3n) is 3.63. The molecule has 0 bridgehead atoms. The highest BCUT2D eigenvalue weighted by molar-refractivity contribution is 7.92. The van der Waals surface area contributed by atoms with Crippen LogP contribution in [0, 0.1) is 6.92 Å². The summed E-state index contributed by atoms with van der Waals surface area (Å²) in [4.78, 5) is 12.5. The first kappa shape index (κ1) is 21.1. The third kappa shape index (κ3) is 6.15. The monoisotopic (exact) mass is 410 g/mol. The van der Waals surface area contributed by atoms with E-state index in [-0.39, 0.29) is 12.6 Å². The summed E-state index contributed by atoms with van der Waals surface area (Å²) < 4.78 is 31.2. The van der Waals surface area contributed by atoms with Crippen molar-refractivity contribution >= 4 is 38.9 Å². The number of rotatable bonds is 7. The average Bonchev–Trinajstić information content (AvgIpc) is 2.54. The average molecular weight is 411 g/mol. The number of aryl methyl sites for hydroxylation is 1. The summed E-state index contributed by atoms with van der Waals surface area (Å²) >= 11 is 5.92. The summed E-state index contributed by atoms with van der Waals surface area (Å²) in [6.45, 7) is 5.21. The van der Waals surface area contributed by atoms with Gasteiger partial charge in [0.05, 0.1) is 18.0 Å². The zero-order chi connectivity index (χ0) is 20.2. The molecule has 0 aliphatic carbocycles. The van der Waals surface area contributed by atoms with Crippen LogP contribution in [0.4, 0.5) is 11.4 Å². The van der Waals surface area contributed by atoms with E-state index in [0.29, 0.717) is 22.1 Å². The number of hydrogen-bond donors (Lipinski definition) is 1. The van der Waals surface area contributed by atoms with E-state index >= 15 is 0 Å². The number of amides is 1. The molecule has 0 fully saturated rings. The number of nitrogens with zero attached hydrogens (tertiary/aromatic N) is 1. The van der Waals surface area contributed by atoms with Crippen molar-refractivity contribution in [2.24, 2.45) is 0 Å². The molecule has 27 heavy (non-hydrogen) atoms. The maximum absolute atomic E-state index is 12.5. The Morgan fingerprint density at radius 2 is 1.93 bits per heavy atom. The summed E-state index contributed by atoms with van der Waals surface area (Å²) in [6.07, 6.45) is 1.01. The lowest BCUT2D eigenvalue weighted by Crippen LogP contribution is -2.37. The van der Waals surface area contributed by atoms with E-state index in [9.17, 15) is 13.2 Å². The van der Waals surface area contributed by atoms with Gasteiger partial charge in [0, 0.05) is 16.8 Å². The van der Waals surface area contributed by atoms with Crippen molar-refractivity contribution < 1.29 is 17.9 Å². The Morgan fingerprint density at radius 1 is 1.22 bits per heavy atom. The molecular formula is C19H23ClN2O4S. The maximum Gasteiger partial charge on any atom is 0.245 e. The fourth-order valence-corrected chi connectivity index (χ4v) is 3.55. The number of benzene rings is 2. The van der Waals surface area contributed by atoms with Crippen molar-refractivity contribution in [1.82, 2.24) is 0 Å². The molecule has 2 aromatic rings. The van der Waals surface area contributed by atoms with Crippen LogP contribution in [-0.4, -0.2) is 33.2 Å². The van der Waals surface area contributed by atoms with Crippen molar-refractivity contribution in [2.75, 3.05) is 22.4 Å². The second kappa shape index (κ2) is 8.63. The van der Waals surface area contributed by atoms with Crippen molar-refractivity contribution in [1.29, 1.82) is 0 Å². The van der Waals surface area contributed by atoms with Gasteiger partial charge >= 0.3 is 0 Å². The summed E-state index contributed by atoms with van der Waals surface area (Å²) in [5, 5.41) is 3.28. The van der Waals surface area contributed by atoms with E-state index in [1.165, 1.54) is 0 Å². The molecule has 0 saturated carbocycles. The Labute approximate surface area is 165 Å². The highest BCUT2D eigenvalue weighted by Gasteiger charge is 2.21. The van der Waals surface area contributed by atoms with Gasteiger partial charge in [0.25, 0.3) is 0 Å². The van der Waals surface area contributed by atoms with E-state index in [2.05, 4.69) is 5.32 Å². The smallest absolute Gasteiger partial charge is 0.245 e. The molecule has 0 saturated heterocycles. The molecule has 0 radical (unpaired) electrons. The van der Waals surface area contributed by atoms with Crippen LogP contribution in [-0.2, 0) is 14.8 Å². The van der Waals surface area contributed by atoms with Crippen LogP contribution in [0.2, 0.25) is 5.02 Å². The van der Waals surface area contributed by atoms with Gasteiger partial charge in [-0.2, -0.15) is 0 Å². The molecule has 2 rings (SSSR count). The highest BCUT2D eigenvalue weighted by Crippen LogP contribution is 2.24. The largest absolute Gasteiger partial charge is 0.491 e. The predicted octanol–water partition coefficient (Wildman–Crippen LogP) is 3.84. The summed E-state index contributed by atoms with van der Waals surface area (Å²) in [5.41, 5.74) is 1.72. The highest BCUT2D eigenvalue weighted by atomic mass is 35.5. The van der Waals surface area contributed by atoms with E-state index in [0.717, 1.165) is 16.1 Å². The normalized spacial score (nSPS) is 11.3. The topological polar surface area (TPSA) is 75.7 Å². The Hall–Kier alpha value is -2.25. The minimum atomic E-state index is -3.67. The van der Waals surface area contributed by atoms with Crippen molar-refractivity contribution in [3.63, 3.8) is 0 Å². The molecule has 0 unspecified atom stereocenters. The van der Waals surface area contributed by atoms with Crippen molar-refractivity contribution in [3.8, 4) is 5.75 Å². The number of sulfonamides is 1. The van der Waals surface area contributed by atoms with Gasteiger partial charge in [-0.25, -0.2) is 8.42 Å². The summed E-state index contributed by atoms with van der Waals surface area (Å²) in [7, 11) is -3.67. The van der Waals surface area contributed by atoms with Gasteiger partial charge in [-0.15, -0.1) is 0 Å². The SMILES string of the molecule is Cc1cc(Cl)ccc1NC(=O)CN(c1cccc(OC(C)C)c1)S(C)(=O)=O. The molecule has 0 aromatic heterocycles. The molecule has 8 heteroatoms. The van der Waals surface area contributed by atoms with Gasteiger partial charge in [0.2, 0.25) is 15.9 Å². The minimum Gasteiger partial charge on any atom is -0.491 e. The molecule has 6 nitrogen and oxygen atoms in total. The number of halogens is 1. The first-order chi connectivity index (χ1) is 12.6. The second-order valence-corrected chi connectivity index (χ2v) is 8.78. The number of carbonyl (C=O) groups is 1. The lowest BCUT2D eigenvalue weighted by atomic mass is 10.2. The minimum absolute atomic E-state index is 0.0527. The molecule has 0 atom stereocenters. The molecule has 0 spiro atoms. The Kier molecular flexibility index (Phi) is 6.73. The standard InChI is InChI=1S/C19H23ClN2O4S/c1-13(2)26-17-7-5-6-16(11-17)22(27(4,24)25)12-19(23)21-18-9-8-15(20)10-14(18)3/h5-11,13H,12H2,1-4H3,(H,21,23). The van der Waals surface area contributed by atoms with Crippen molar-refractivity contribution in [2.45, 2.75) is 26.9 Å². The molecule has 0 aliphatic rings. The van der Waals surface area contributed by atoms with Gasteiger partial charge in [-0.1, -0.05) is 17.7 Å². The van der Waals surface area contributed by atoms with Gasteiger partial charge in [-0.3, -0.25) is 9.10 Å². The quantitative estimate of drug-likeness (QED) is 0.752. The molecule has 0 heterocycles. The molecule has 1 N–H and O–H groups in total. The van der Waals surface area contributed by atoms with Gasteiger partial charge in [0.1, 0.15) is 12.3 Å². The van der Waals surface area contributed by atoms with Crippen LogP contribution in [0.3, 0.4) is 0 Å². The molecule has 0 aliphatic heterocycles. The number of nitrogens with one attached hydrogen (secondary N) is 1. The van der Waals surface area contributed by atoms with E-state index < -0.39 is 15.9 Å². The zero-order valence-corrected chi connectivity index (χ0v) is 17.3. The van der Waals surface area contributed by atoms with Gasteiger partial charge in [-0.05, 0) is 56.7 Å². The lowest BCUT2D eigenvalue weighted by molar-refractivity contribution is -0.114. The third-order valence-corrected chi connectivity index (χ3v) is 5.00. The summed E-state index contributed by atoms with van der Waals surface area (Å²) in [6, 6.07) is 11.7. The van der Waals surface area contributed by atoms with Gasteiger partial charge < -0.3 is 10.1 Å². The molecule has 146 valence electrons. The van der Waals surface area contributed by atoms with Crippen LogP contribution >= 0.6 is 11.6 Å². The van der Waals surface area contributed by atoms with Crippen LogP contribution in [0.25, 0.3) is 0 Å². The maximum atomic E-state index is 12.5. The lowest BCUT2D eigenvalue weighted by Gasteiger charge is -2.23. The fourth-order valence-electron chi connectivity index (χ4n) is 2.47. The Morgan fingerprint density at radius 3 is 2.52 bits per heavy atom.